The molecule has 0 spiro atoms. The highest BCUT2D eigenvalue weighted by atomic mass is 16.2. The van der Waals surface area contributed by atoms with Gasteiger partial charge in [-0.2, -0.15) is 5.10 Å². The number of amides is 1. The average Bonchev–Trinajstić information content (AvgIpc) is 2.89. The number of hydrogen-bond acceptors (Lipinski definition) is 4. The first-order chi connectivity index (χ1) is 11.0. The average molecular weight is 315 g/mol. The van der Waals surface area contributed by atoms with E-state index in [0.717, 1.165) is 43.7 Å². The zero-order valence-electron chi connectivity index (χ0n) is 13.5. The van der Waals surface area contributed by atoms with Crippen molar-refractivity contribution >= 4 is 5.91 Å². The van der Waals surface area contributed by atoms with Crippen LogP contribution >= 0.6 is 0 Å². The van der Waals surface area contributed by atoms with Crippen LogP contribution in [0.15, 0.2) is 23.0 Å². The maximum absolute atomic E-state index is 12.3. The van der Waals surface area contributed by atoms with E-state index >= 15 is 0 Å². The molecule has 0 aromatic carbocycles. The number of rotatable bonds is 3. The third-order valence-corrected chi connectivity index (χ3v) is 4.07. The van der Waals surface area contributed by atoms with Crippen molar-refractivity contribution in [2.45, 2.75) is 39.7 Å². The second-order valence-corrected chi connectivity index (χ2v) is 5.97. The maximum Gasteiger partial charge on any atom is 0.267 e. The minimum absolute atomic E-state index is 0.0219. The van der Waals surface area contributed by atoms with Gasteiger partial charge in [0.25, 0.3) is 5.56 Å². The van der Waals surface area contributed by atoms with Crippen molar-refractivity contribution in [3.63, 3.8) is 0 Å². The van der Waals surface area contributed by atoms with E-state index in [4.69, 9.17) is 0 Å². The first-order valence-electron chi connectivity index (χ1n) is 7.94. The molecule has 2 aromatic heterocycles. The molecule has 1 saturated heterocycles. The van der Waals surface area contributed by atoms with Crippen LogP contribution in [0.1, 0.15) is 30.7 Å². The molecule has 1 aliphatic rings. The Hall–Kier alpha value is -2.44. The molecule has 1 fully saturated rings. The van der Waals surface area contributed by atoms with E-state index in [0.29, 0.717) is 5.82 Å². The molecule has 0 saturated carbocycles. The Morgan fingerprint density at radius 2 is 1.87 bits per heavy atom. The fourth-order valence-corrected chi connectivity index (χ4v) is 2.90. The summed E-state index contributed by atoms with van der Waals surface area (Å²) in [4.78, 5) is 26.2. The van der Waals surface area contributed by atoms with Crippen molar-refractivity contribution in [1.82, 2.24) is 24.5 Å². The Balaban J connectivity index is 1.84. The van der Waals surface area contributed by atoms with Gasteiger partial charge < -0.3 is 4.90 Å². The van der Waals surface area contributed by atoms with Crippen molar-refractivity contribution in [3.8, 4) is 5.82 Å². The van der Waals surface area contributed by atoms with E-state index in [1.165, 1.54) is 10.7 Å². The zero-order valence-corrected chi connectivity index (χ0v) is 13.5. The van der Waals surface area contributed by atoms with Crippen molar-refractivity contribution in [3.05, 3.63) is 39.9 Å². The molecule has 0 aliphatic carbocycles. The molecule has 2 aromatic rings. The third kappa shape index (κ3) is 3.33. The molecule has 7 nitrogen and oxygen atoms in total. The second-order valence-electron chi connectivity index (χ2n) is 5.97. The summed E-state index contributed by atoms with van der Waals surface area (Å²) in [5.74, 6) is 0.492. The fourth-order valence-electron chi connectivity index (χ4n) is 2.90. The SMILES string of the molecule is Cc1cc(C)n(-c2ccc(=O)n(CC(=O)N3CCCCC3)n2)n1. The minimum Gasteiger partial charge on any atom is -0.341 e. The van der Waals surface area contributed by atoms with Crippen molar-refractivity contribution in [1.29, 1.82) is 0 Å². The smallest absolute Gasteiger partial charge is 0.267 e. The third-order valence-electron chi connectivity index (χ3n) is 4.07. The normalized spacial score (nSPS) is 15.0. The Kier molecular flexibility index (Phi) is 4.27. The summed E-state index contributed by atoms with van der Waals surface area (Å²) in [6.45, 7) is 5.34. The molecule has 0 unspecified atom stereocenters. The molecule has 0 N–H and O–H groups in total. The van der Waals surface area contributed by atoms with Crippen LogP contribution in [-0.2, 0) is 11.3 Å². The standard InChI is InChI=1S/C16H21N5O2/c1-12-10-13(2)21(17-12)14-6-7-15(22)20(18-14)11-16(23)19-8-4-3-5-9-19/h6-7,10H,3-5,8-9,11H2,1-2H3. The lowest BCUT2D eigenvalue weighted by molar-refractivity contribution is -0.133. The summed E-state index contributed by atoms with van der Waals surface area (Å²) in [6.07, 6.45) is 3.22. The van der Waals surface area contributed by atoms with Gasteiger partial charge in [0.2, 0.25) is 5.91 Å². The number of nitrogens with zero attached hydrogens (tertiary/aromatic N) is 5. The summed E-state index contributed by atoms with van der Waals surface area (Å²) in [6, 6.07) is 5.00. The molecule has 0 bridgehead atoms. The van der Waals surface area contributed by atoms with E-state index in [1.54, 1.807) is 10.7 Å². The van der Waals surface area contributed by atoms with Crippen LogP contribution < -0.4 is 5.56 Å². The molecule has 3 rings (SSSR count). The van der Waals surface area contributed by atoms with Crippen LogP contribution in [-0.4, -0.2) is 43.5 Å². The first kappa shape index (κ1) is 15.5. The molecule has 7 heteroatoms. The first-order valence-corrected chi connectivity index (χ1v) is 7.94. The van der Waals surface area contributed by atoms with Crippen LogP contribution in [0.25, 0.3) is 5.82 Å². The molecule has 3 heterocycles. The largest absolute Gasteiger partial charge is 0.341 e. The zero-order chi connectivity index (χ0) is 16.4. The van der Waals surface area contributed by atoms with E-state index in [1.807, 2.05) is 24.8 Å². The molecule has 0 atom stereocenters. The summed E-state index contributed by atoms with van der Waals surface area (Å²) in [5, 5.41) is 8.67. The topological polar surface area (TPSA) is 73.0 Å². The number of aromatic nitrogens is 4. The Bertz CT molecular complexity index is 771. The molecule has 1 amide bonds. The van der Waals surface area contributed by atoms with Gasteiger partial charge in [-0.1, -0.05) is 0 Å². The molecule has 1 aliphatic heterocycles. The quantitative estimate of drug-likeness (QED) is 0.849. The number of carbonyl (C=O) groups excluding carboxylic acids is 1. The van der Waals surface area contributed by atoms with Gasteiger partial charge in [-0.05, 0) is 45.2 Å². The molecule has 122 valence electrons. The highest BCUT2D eigenvalue weighted by Crippen LogP contribution is 2.10. The predicted molar refractivity (Wildman–Crippen MR) is 85.5 cm³/mol. The lowest BCUT2D eigenvalue weighted by Gasteiger charge is -2.26. The Morgan fingerprint density at radius 1 is 1.13 bits per heavy atom. The second kappa shape index (κ2) is 6.36. The molecular formula is C16H21N5O2. The van der Waals surface area contributed by atoms with Crippen LogP contribution in [0.5, 0.6) is 0 Å². The van der Waals surface area contributed by atoms with Gasteiger partial charge in [0.15, 0.2) is 5.82 Å². The maximum atomic E-state index is 12.3. The number of piperidine rings is 1. The number of carbonyl (C=O) groups is 1. The van der Waals surface area contributed by atoms with Gasteiger partial charge in [-0.3, -0.25) is 9.59 Å². The number of hydrogen-bond donors (Lipinski definition) is 0. The van der Waals surface area contributed by atoms with E-state index in [2.05, 4.69) is 10.2 Å². The lowest BCUT2D eigenvalue weighted by atomic mass is 10.1. The van der Waals surface area contributed by atoms with Gasteiger partial charge in [0, 0.05) is 24.8 Å². The molecular weight excluding hydrogens is 294 g/mol. The number of aryl methyl sites for hydroxylation is 2. The van der Waals surface area contributed by atoms with Crippen LogP contribution in [0.3, 0.4) is 0 Å². The Morgan fingerprint density at radius 3 is 2.52 bits per heavy atom. The van der Waals surface area contributed by atoms with Crippen molar-refractivity contribution in [2.75, 3.05) is 13.1 Å². The van der Waals surface area contributed by atoms with Crippen LogP contribution in [0, 0.1) is 13.8 Å². The highest BCUT2D eigenvalue weighted by Gasteiger charge is 2.18. The van der Waals surface area contributed by atoms with Crippen LogP contribution in [0.4, 0.5) is 0 Å². The van der Waals surface area contributed by atoms with Gasteiger partial charge in [-0.15, -0.1) is 5.10 Å². The van der Waals surface area contributed by atoms with Crippen molar-refractivity contribution in [2.24, 2.45) is 0 Å². The van der Waals surface area contributed by atoms with Gasteiger partial charge in [0.05, 0.1) is 5.69 Å². The van der Waals surface area contributed by atoms with Gasteiger partial charge >= 0.3 is 0 Å². The molecule has 23 heavy (non-hydrogen) atoms. The summed E-state index contributed by atoms with van der Waals surface area (Å²) < 4.78 is 2.90. The van der Waals surface area contributed by atoms with E-state index in [-0.39, 0.29) is 18.0 Å². The summed E-state index contributed by atoms with van der Waals surface area (Å²) >= 11 is 0. The van der Waals surface area contributed by atoms with Gasteiger partial charge in [-0.25, -0.2) is 9.36 Å². The van der Waals surface area contributed by atoms with Gasteiger partial charge in [0.1, 0.15) is 6.54 Å². The summed E-state index contributed by atoms with van der Waals surface area (Å²) in [5.41, 5.74) is 1.54. The van der Waals surface area contributed by atoms with E-state index < -0.39 is 0 Å². The Labute approximate surface area is 134 Å². The van der Waals surface area contributed by atoms with Crippen molar-refractivity contribution < 1.29 is 4.79 Å². The van der Waals surface area contributed by atoms with E-state index in [9.17, 15) is 9.59 Å². The molecule has 0 radical (unpaired) electrons. The summed E-state index contributed by atoms with van der Waals surface area (Å²) in [7, 11) is 0. The number of likely N-dealkylation sites (tertiary alicyclic amines) is 1. The lowest BCUT2D eigenvalue weighted by Crippen LogP contribution is -2.40. The predicted octanol–water partition coefficient (Wildman–Crippen LogP) is 1.06. The fraction of sp³-hybridized carbons (Fsp3) is 0.500. The minimum atomic E-state index is -0.277. The highest BCUT2D eigenvalue weighted by molar-refractivity contribution is 5.75. The monoisotopic (exact) mass is 315 g/mol. The van der Waals surface area contributed by atoms with Crippen LogP contribution in [0.2, 0.25) is 0 Å².